The van der Waals surface area contributed by atoms with Gasteiger partial charge in [-0.05, 0) is 30.3 Å². The van der Waals surface area contributed by atoms with Crippen LogP contribution < -0.4 is 5.32 Å². The molecule has 0 radical (unpaired) electrons. The van der Waals surface area contributed by atoms with Crippen LogP contribution in [0, 0.1) is 5.82 Å². The van der Waals surface area contributed by atoms with Crippen molar-refractivity contribution in [2.75, 3.05) is 5.32 Å². The van der Waals surface area contributed by atoms with Crippen LogP contribution in [0.25, 0.3) is 0 Å². The minimum absolute atomic E-state index is 0.0234. The van der Waals surface area contributed by atoms with Gasteiger partial charge < -0.3 is 15.5 Å². The first-order valence-electron chi connectivity index (χ1n) is 6.02. The van der Waals surface area contributed by atoms with Crippen molar-refractivity contribution < 1.29 is 24.2 Å². The summed E-state index contributed by atoms with van der Waals surface area (Å²) in [4.78, 5) is 23.1. The number of aromatic carboxylic acids is 1. The third-order valence-electron chi connectivity index (χ3n) is 2.71. The lowest BCUT2D eigenvalue weighted by atomic mass is 10.2. The fraction of sp³-hybridized carbons (Fsp3) is 0.143. The quantitative estimate of drug-likeness (QED) is 0.764. The summed E-state index contributed by atoms with van der Waals surface area (Å²) in [6.45, 7) is 0.412. The van der Waals surface area contributed by atoms with E-state index in [1.54, 1.807) is 12.1 Å². The fourth-order valence-corrected chi connectivity index (χ4v) is 2.70. The number of carboxylic acid groups (broad SMARTS) is 2. The van der Waals surface area contributed by atoms with Crippen LogP contribution >= 0.6 is 11.3 Å². The van der Waals surface area contributed by atoms with E-state index in [4.69, 9.17) is 10.2 Å². The van der Waals surface area contributed by atoms with E-state index in [-0.39, 0.29) is 6.42 Å². The van der Waals surface area contributed by atoms with Gasteiger partial charge in [0.2, 0.25) is 0 Å². The van der Waals surface area contributed by atoms with E-state index < -0.39 is 23.3 Å². The molecule has 0 saturated carbocycles. The third-order valence-corrected chi connectivity index (χ3v) is 3.79. The molecule has 0 aliphatic heterocycles. The van der Waals surface area contributed by atoms with Crippen molar-refractivity contribution in [1.82, 2.24) is 0 Å². The molecule has 0 unspecified atom stereocenters. The van der Waals surface area contributed by atoms with Gasteiger partial charge in [-0.15, -0.1) is 11.3 Å². The minimum Gasteiger partial charge on any atom is -0.481 e. The summed E-state index contributed by atoms with van der Waals surface area (Å²) in [5, 5.41) is 20.5. The summed E-state index contributed by atoms with van der Waals surface area (Å²) in [5.74, 6) is -3.00. The highest BCUT2D eigenvalue weighted by molar-refractivity contribution is 7.12. The Morgan fingerprint density at radius 1 is 1.14 bits per heavy atom. The molecule has 0 atom stereocenters. The molecule has 0 saturated heterocycles. The van der Waals surface area contributed by atoms with Crippen molar-refractivity contribution in [3.05, 3.63) is 51.5 Å². The predicted octanol–water partition coefficient (Wildman–Crippen LogP) is 2.82. The summed E-state index contributed by atoms with van der Waals surface area (Å²) < 4.78 is 13.2. The van der Waals surface area contributed by atoms with Gasteiger partial charge in [0.05, 0.1) is 12.0 Å². The Kier molecular flexibility index (Phi) is 4.54. The van der Waals surface area contributed by atoms with Gasteiger partial charge in [-0.2, -0.15) is 0 Å². The molecule has 0 fully saturated rings. The SMILES string of the molecule is O=C(O)Cc1ccc(CNc2ccc(F)c(C(=O)O)c2)s1. The molecule has 2 rings (SSSR count). The van der Waals surface area contributed by atoms with Crippen LogP contribution in [0.1, 0.15) is 20.1 Å². The number of hydrogen-bond acceptors (Lipinski definition) is 4. The van der Waals surface area contributed by atoms with Gasteiger partial charge in [-0.3, -0.25) is 4.79 Å². The van der Waals surface area contributed by atoms with Crippen LogP contribution in [0.3, 0.4) is 0 Å². The first-order chi connectivity index (χ1) is 9.95. The zero-order valence-electron chi connectivity index (χ0n) is 10.8. The van der Waals surface area contributed by atoms with E-state index in [1.165, 1.54) is 23.5 Å². The van der Waals surface area contributed by atoms with Crippen LogP contribution in [-0.2, 0) is 17.8 Å². The molecule has 0 aliphatic rings. The summed E-state index contributed by atoms with van der Waals surface area (Å²) >= 11 is 1.36. The smallest absolute Gasteiger partial charge is 0.338 e. The van der Waals surface area contributed by atoms with Crippen LogP contribution in [0.4, 0.5) is 10.1 Å². The van der Waals surface area contributed by atoms with Crippen molar-refractivity contribution in [3.63, 3.8) is 0 Å². The Bertz CT molecular complexity index is 683. The second-order valence-corrected chi connectivity index (χ2v) is 5.54. The van der Waals surface area contributed by atoms with Gasteiger partial charge >= 0.3 is 11.9 Å². The maximum absolute atomic E-state index is 13.2. The summed E-state index contributed by atoms with van der Waals surface area (Å²) in [5.41, 5.74) is 0.0970. The molecule has 2 aromatic rings. The predicted molar refractivity (Wildman–Crippen MR) is 76.3 cm³/mol. The van der Waals surface area contributed by atoms with Gasteiger partial charge in [-0.1, -0.05) is 0 Å². The molecule has 5 nitrogen and oxygen atoms in total. The number of benzene rings is 1. The molecule has 1 aromatic heterocycles. The number of carboxylic acids is 2. The van der Waals surface area contributed by atoms with E-state index in [2.05, 4.69) is 5.32 Å². The van der Waals surface area contributed by atoms with Crippen molar-refractivity contribution in [2.24, 2.45) is 0 Å². The molecule has 21 heavy (non-hydrogen) atoms. The highest BCUT2D eigenvalue weighted by atomic mass is 32.1. The molecular formula is C14H12FNO4S. The fourth-order valence-electron chi connectivity index (χ4n) is 1.75. The Labute approximate surface area is 123 Å². The van der Waals surface area contributed by atoms with E-state index >= 15 is 0 Å². The lowest BCUT2D eigenvalue weighted by Crippen LogP contribution is -2.03. The van der Waals surface area contributed by atoms with E-state index in [9.17, 15) is 14.0 Å². The van der Waals surface area contributed by atoms with E-state index in [1.807, 2.05) is 0 Å². The lowest BCUT2D eigenvalue weighted by molar-refractivity contribution is -0.136. The number of hydrogen-bond donors (Lipinski definition) is 3. The van der Waals surface area contributed by atoms with E-state index in [0.29, 0.717) is 12.2 Å². The minimum atomic E-state index is -1.32. The highest BCUT2D eigenvalue weighted by Crippen LogP contribution is 2.20. The Morgan fingerprint density at radius 3 is 2.52 bits per heavy atom. The van der Waals surface area contributed by atoms with Crippen LogP contribution in [0.5, 0.6) is 0 Å². The zero-order chi connectivity index (χ0) is 15.4. The van der Waals surface area contributed by atoms with Crippen molar-refractivity contribution in [3.8, 4) is 0 Å². The van der Waals surface area contributed by atoms with Gasteiger partial charge in [0.15, 0.2) is 0 Å². The number of thiophene rings is 1. The normalized spacial score (nSPS) is 10.3. The number of aliphatic carboxylic acids is 1. The summed E-state index contributed by atoms with van der Waals surface area (Å²) in [7, 11) is 0. The largest absolute Gasteiger partial charge is 0.481 e. The van der Waals surface area contributed by atoms with Crippen molar-refractivity contribution >= 4 is 29.0 Å². The maximum Gasteiger partial charge on any atom is 0.338 e. The molecule has 0 spiro atoms. The Morgan fingerprint density at radius 2 is 1.86 bits per heavy atom. The zero-order valence-corrected chi connectivity index (χ0v) is 11.6. The van der Waals surface area contributed by atoms with Gasteiger partial charge in [-0.25, -0.2) is 9.18 Å². The second-order valence-electron chi connectivity index (χ2n) is 4.29. The standard InChI is InChI=1S/C14H12FNO4S/c15-12-4-1-8(5-11(12)14(19)20)16-7-10-3-2-9(21-10)6-13(17)18/h1-5,16H,6-7H2,(H,17,18)(H,19,20). The monoisotopic (exact) mass is 309 g/mol. The molecule has 110 valence electrons. The molecule has 7 heteroatoms. The van der Waals surface area contributed by atoms with Gasteiger partial charge in [0.25, 0.3) is 0 Å². The van der Waals surface area contributed by atoms with Crippen LogP contribution in [0.15, 0.2) is 30.3 Å². The number of rotatable bonds is 6. The molecule has 1 heterocycles. The topological polar surface area (TPSA) is 86.6 Å². The number of carbonyl (C=O) groups is 2. The molecule has 0 bridgehead atoms. The highest BCUT2D eigenvalue weighted by Gasteiger charge is 2.11. The second kappa shape index (κ2) is 6.36. The van der Waals surface area contributed by atoms with Crippen molar-refractivity contribution in [1.29, 1.82) is 0 Å². The van der Waals surface area contributed by atoms with Crippen LogP contribution in [0.2, 0.25) is 0 Å². The van der Waals surface area contributed by atoms with Gasteiger partial charge in [0, 0.05) is 22.0 Å². The lowest BCUT2D eigenvalue weighted by Gasteiger charge is -2.06. The van der Waals surface area contributed by atoms with Crippen molar-refractivity contribution in [2.45, 2.75) is 13.0 Å². The first-order valence-corrected chi connectivity index (χ1v) is 6.83. The van der Waals surface area contributed by atoms with Gasteiger partial charge in [0.1, 0.15) is 5.82 Å². The average Bonchev–Trinajstić information content (AvgIpc) is 2.84. The number of halogens is 1. The number of nitrogens with one attached hydrogen (secondary N) is 1. The number of anilines is 1. The summed E-state index contributed by atoms with van der Waals surface area (Å²) in [6, 6.07) is 7.31. The Balaban J connectivity index is 2.03. The van der Waals surface area contributed by atoms with Crippen LogP contribution in [-0.4, -0.2) is 22.2 Å². The first kappa shape index (κ1) is 15.0. The average molecular weight is 309 g/mol. The molecule has 1 aromatic carbocycles. The third kappa shape index (κ3) is 4.03. The molecule has 0 amide bonds. The van der Waals surface area contributed by atoms with E-state index in [0.717, 1.165) is 15.8 Å². The Hall–Kier alpha value is -2.41. The maximum atomic E-state index is 13.2. The molecular weight excluding hydrogens is 297 g/mol. The summed E-state index contributed by atoms with van der Waals surface area (Å²) in [6.07, 6.45) is -0.0234. The molecule has 0 aliphatic carbocycles. The molecule has 3 N–H and O–H groups in total.